The van der Waals surface area contributed by atoms with Crippen molar-refractivity contribution in [3.05, 3.63) is 54.4 Å². The molecule has 1 aromatic heterocycles. The lowest BCUT2D eigenvalue weighted by molar-refractivity contribution is 0.415. The summed E-state index contributed by atoms with van der Waals surface area (Å²) in [7, 11) is 1.55. The molecule has 3 rings (SSSR count). The minimum Gasteiger partial charge on any atom is -0.508 e. The van der Waals surface area contributed by atoms with Crippen LogP contribution in [0.4, 0.5) is 8.78 Å². The van der Waals surface area contributed by atoms with Crippen molar-refractivity contribution in [2.45, 2.75) is 0 Å². The lowest BCUT2D eigenvalue weighted by atomic mass is 10.2. The third-order valence-corrected chi connectivity index (χ3v) is 3.11. The van der Waals surface area contributed by atoms with E-state index in [0.29, 0.717) is 5.75 Å². The molecule has 0 aliphatic carbocycles. The summed E-state index contributed by atoms with van der Waals surface area (Å²) in [6, 6.07) is 7.12. The third-order valence-electron chi connectivity index (χ3n) is 3.11. The molecule has 0 aliphatic heterocycles. The van der Waals surface area contributed by atoms with E-state index in [9.17, 15) is 8.78 Å². The van der Waals surface area contributed by atoms with Crippen LogP contribution in [0.15, 0.2) is 42.7 Å². The summed E-state index contributed by atoms with van der Waals surface area (Å²) in [4.78, 5) is 0. The number of nitrogens with zero attached hydrogens (tertiary/aromatic N) is 1. The van der Waals surface area contributed by atoms with Gasteiger partial charge in [-0.3, -0.25) is 0 Å². The van der Waals surface area contributed by atoms with Gasteiger partial charge in [0.2, 0.25) is 0 Å². The van der Waals surface area contributed by atoms with Crippen LogP contribution in [0.1, 0.15) is 0 Å². The summed E-state index contributed by atoms with van der Waals surface area (Å²) >= 11 is 0. The molecule has 0 radical (unpaired) electrons. The van der Waals surface area contributed by atoms with Gasteiger partial charge < -0.3 is 14.4 Å². The number of hydrogen-bond acceptors (Lipinski definition) is 2. The monoisotopic (exact) mass is 275 g/mol. The van der Waals surface area contributed by atoms with Gasteiger partial charge in [0, 0.05) is 35.3 Å². The molecule has 0 unspecified atom stereocenters. The van der Waals surface area contributed by atoms with E-state index in [1.807, 2.05) is 0 Å². The van der Waals surface area contributed by atoms with Crippen LogP contribution in [0.2, 0.25) is 0 Å². The van der Waals surface area contributed by atoms with Crippen LogP contribution in [0.3, 0.4) is 0 Å². The van der Waals surface area contributed by atoms with Crippen molar-refractivity contribution in [3.8, 4) is 17.2 Å². The van der Waals surface area contributed by atoms with E-state index in [-0.39, 0.29) is 5.69 Å². The zero-order valence-corrected chi connectivity index (χ0v) is 10.6. The van der Waals surface area contributed by atoms with Crippen molar-refractivity contribution in [3.63, 3.8) is 0 Å². The number of rotatable bonds is 2. The molecule has 20 heavy (non-hydrogen) atoms. The summed E-state index contributed by atoms with van der Waals surface area (Å²) in [5.41, 5.74) is -0.224. The van der Waals surface area contributed by atoms with Gasteiger partial charge in [-0.05, 0) is 18.2 Å². The average molecular weight is 275 g/mol. The first-order chi connectivity index (χ1) is 9.58. The highest BCUT2D eigenvalue weighted by atomic mass is 19.1. The first-order valence-corrected chi connectivity index (χ1v) is 5.92. The SMILES string of the molecule is COc1ccc2cn(-c3c(F)cc(O)cc3F)cc2c1. The smallest absolute Gasteiger partial charge is 0.153 e. The van der Waals surface area contributed by atoms with Gasteiger partial charge in [0.1, 0.15) is 17.2 Å². The van der Waals surface area contributed by atoms with Crippen LogP contribution in [-0.2, 0) is 0 Å². The Kier molecular flexibility index (Phi) is 2.82. The zero-order valence-electron chi connectivity index (χ0n) is 10.6. The van der Waals surface area contributed by atoms with E-state index >= 15 is 0 Å². The topological polar surface area (TPSA) is 34.4 Å². The van der Waals surface area contributed by atoms with Crippen LogP contribution in [-0.4, -0.2) is 16.8 Å². The van der Waals surface area contributed by atoms with Crippen LogP contribution in [0, 0.1) is 11.6 Å². The molecular formula is C15H11F2NO2. The summed E-state index contributed by atoms with van der Waals surface area (Å²) in [5.74, 6) is -1.42. The van der Waals surface area contributed by atoms with Crippen molar-refractivity contribution < 1.29 is 18.6 Å². The zero-order chi connectivity index (χ0) is 14.3. The van der Waals surface area contributed by atoms with E-state index in [1.165, 1.54) is 4.57 Å². The summed E-state index contributed by atoms with van der Waals surface area (Å²) < 4.78 is 34.1. The number of hydrogen-bond donors (Lipinski definition) is 1. The van der Waals surface area contributed by atoms with Gasteiger partial charge in [0.15, 0.2) is 11.6 Å². The highest BCUT2D eigenvalue weighted by molar-refractivity contribution is 5.84. The van der Waals surface area contributed by atoms with Gasteiger partial charge in [-0.25, -0.2) is 8.78 Å². The fourth-order valence-corrected chi connectivity index (χ4v) is 2.17. The maximum Gasteiger partial charge on any atom is 0.153 e. The number of ether oxygens (including phenoxy) is 1. The van der Waals surface area contributed by atoms with Crippen molar-refractivity contribution in [1.82, 2.24) is 4.57 Å². The van der Waals surface area contributed by atoms with Crippen molar-refractivity contribution in [2.24, 2.45) is 0 Å². The first kappa shape index (κ1) is 12.5. The van der Waals surface area contributed by atoms with Gasteiger partial charge in [-0.15, -0.1) is 0 Å². The van der Waals surface area contributed by atoms with Crippen molar-refractivity contribution >= 4 is 10.8 Å². The Bertz CT molecular complexity index is 773. The Morgan fingerprint density at radius 3 is 2.30 bits per heavy atom. The number of phenols is 1. The second kappa shape index (κ2) is 4.52. The molecule has 0 bridgehead atoms. The quantitative estimate of drug-likeness (QED) is 0.775. The molecule has 0 amide bonds. The number of aromatic hydroxyl groups is 1. The lowest BCUT2D eigenvalue weighted by Crippen LogP contribution is -1.98. The van der Waals surface area contributed by atoms with E-state index in [0.717, 1.165) is 22.9 Å². The summed E-state index contributed by atoms with van der Waals surface area (Å²) in [5, 5.41) is 10.8. The predicted molar refractivity (Wildman–Crippen MR) is 71.4 cm³/mol. The Hall–Kier alpha value is -2.56. The third kappa shape index (κ3) is 1.97. The van der Waals surface area contributed by atoms with Crippen LogP contribution < -0.4 is 4.74 Å². The minimum absolute atomic E-state index is 0.224. The Morgan fingerprint density at radius 2 is 1.65 bits per heavy atom. The standard InChI is InChI=1S/C15H11F2NO2/c1-20-12-3-2-9-7-18(8-10(9)4-12)15-13(16)5-11(19)6-14(15)17/h2-8,19H,1H3. The van der Waals surface area contributed by atoms with Crippen LogP contribution in [0.25, 0.3) is 16.5 Å². The molecule has 0 saturated carbocycles. The number of phenolic OH excluding ortho intramolecular Hbond substituents is 1. The fourth-order valence-electron chi connectivity index (χ4n) is 2.17. The molecule has 1 heterocycles. The maximum absolute atomic E-state index is 13.8. The van der Waals surface area contributed by atoms with Gasteiger partial charge >= 0.3 is 0 Å². The van der Waals surface area contributed by atoms with E-state index < -0.39 is 17.4 Å². The van der Waals surface area contributed by atoms with Gasteiger partial charge in [-0.1, -0.05) is 0 Å². The minimum atomic E-state index is -0.824. The normalized spacial score (nSPS) is 10.9. The predicted octanol–water partition coefficient (Wildman–Crippen LogP) is 3.62. The molecule has 0 aliphatic rings. The van der Waals surface area contributed by atoms with Gasteiger partial charge in [0.25, 0.3) is 0 Å². The van der Waals surface area contributed by atoms with Crippen LogP contribution in [0.5, 0.6) is 11.5 Å². The lowest BCUT2D eigenvalue weighted by Gasteiger charge is -2.06. The molecule has 3 nitrogen and oxygen atoms in total. The highest BCUT2D eigenvalue weighted by Gasteiger charge is 2.13. The average Bonchev–Trinajstić information content (AvgIpc) is 2.79. The molecule has 5 heteroatoms. The Morgan fingerprint density at radius 1 is 1.00 bits per heavy atom. The number of benzene rings is 2. The Balaban J connectivity index is 2.20. The first-order valence-electron chi connectivity index (χ1n) is 5.92. The summed E-state index contributed by atoms with van der Waals surface area (Å²) in [6.45, 7) is 0. The molecule has 2 aromatic carbocycles. The maximum atomic E-state index is 13.8. The molecule has 0 fully saturated rings. The second-order valence-corrected chi connectivity index (χ2v) is 4.42. The fraction of sp³-hybridized carbons (Fsp3) is 0.0667. The van der Waals surface area contributed by atoms with E-state index in [2.05, 4.69) is 0 Å². The summed E-state index contributed by atoms with van der Waals surface area (Å²) in [6.07, 6.45) is 3.23. The molecule has 1 N–H and O–H groups in total. The molecule has 0 spiro atoms. The van der Waals surface area contributed by atoms with Crippen molar-refractivity contribution in [2.75, 3.05) is 7.11 Å². The number of fused-ring (bicyclic) bond motifs is 1. The molecule has 3 aromatic rings. The number of halogens is 2. The van der Waals surface area contributed by atoms with Gasteiger partial charge in [0.05, 0.1) is 7.11 Å². The van der Waals surface area contributed by atoms with E-state index in [4.69, 9.17) is 9.84 Å². The number of aromatic nitrogens is 1. The molecule has 0 saturated heterocycles. The van der Waals surface area contributed by atoms with E-state index in [1.54, 1.807) is 37.7 Å². The molecule has 0 atom stereocenters. The highest BCUT2D eigenvalue weighted by Crippen LogP contribution is 2.27. The number of methoxy groups -OCH3 is 1. The second-order valence-electron chi connectivity index (χ2n) is 4.42. The van der Waals surface area contributed by atoms with Crippen LogP contribution >= 0.6 is 0 Å². The Labute approximate surface area is 113 Å². The molecule has 102 valence electrons. The van der Waals surface area contributed by atoms with Gasteiger partial charge in [-0.2, -0.15) is 0 Å². The van der Waals surface area contributed by atoms with Crippen molar-refractivity contribution in [1.29, 1.82) is 0 Å². The molecular weight excluding hydrogens is 264 g/mol. The largest absolute Gasteiger partial charge is 0.508 e.